The second kappa shape index (κ2) is 5.78. The first-order chi connectivity index (χ1) is 6.29. The van der Waals surface area contributed by atoms with Crippen molar-refractivity contribution in [2.45, 2.75) is 43.9 Å². The SMILES string of the molecule is CCC(SC[C@H](N)C(=O)O)[Si](C)(C)C. The average molecular weight is 235 g/mol. The molecule has 0 rings (SSSR count). The van der Waals surface area contributed by atoms with Gasteiger partial charge in [0.15, 0.2) is 0 Å². The fraction of sp³-hybridized carbons (Fsp3) is 0.889. The summed E-state index contributed by atoms with van der Waals surface area (Å²) in [4.78, 5) is 11.1. The summed E-state index contributed by atoms with van der Waals surface area (Å²) in [6.07, 6.45) is 1.10. The van der Waals surface area contributed by atoms with Gasteiger partial charge in [-0.3, -0.25) is 4.79 Å². The first-order valence-corrected chi connectivity index (χ1v) is 9.51. The van der Waals surface area contributed by atoms with E-state index in [0.717, 1.165) is 6.42 Å². The lowest BCUT2D eigenvalue weighted by Gasteiger charge is -2.27. The van der Waals surface area contributed by atoms with Crippen LogP contribution in [0.4, 0.5) is 0 Å². The van der Waals surface area contributed by atoms with Crippen LogP contribution in [0.15, 0.2) is 0 Å². The third-order valence-electron chi connectivity index (χ3n) is 2.13. The second-order valence-corrected chi connectivity index (χ2v) is 11.6. The monoisotopic (exact) mass is 235 g/mol. The third-order valence-corrected chi connectivity index (χ3v) is 8.38. The Morgan fingerprint density at radius 1 is 1.50 bits per heavy atom. The van der Waals surface area contributed by atoms with Crippen molar-refractivity contribution in [2.24, 2.45) is 5.73 Å². The number of thioether (sulfide) groups is 1. The van der Waals surface area contributed by atoms with Gasteiger partial charge in [-0.05, 0) is 11.3 Å². The molecule has 0 amide bonds. The van der Waals surface area contributed by atoms with E-state index in [9.17, 15) is 4.79 Å². The molecule has 0 bridgehead atoms. The lowest BCUT2D eigenvalue weighted by atomic mass is 10.4. The lowest BCUT2D eigenvalue weighted by molar-refractivity contribution is -0.137. The van der Waals surface area contributed by atoms with Crippen LogP contribution in [-0.2, 0) is 4.79 Å². The molecule has 1 unspecified atom stereocenters. The van der Waals surface area contributed by atoms with Gasteiger partial charge in [0, 0.05) is 5.75 Å². The molecule has 0 aromatic rings. The summed E-state index contributed by atoms with van der Waals surface area (Å²) in [5.41, 5.74) is 5.46. The van der Waals surface area contributed by atoms with Crippen molar-refractivity contribution in [2.75, 3.05) is 5.75 Å². The highest BCUT2D eigenvalue weighted by Crippen LogP contribution is 2.25. The van der Waals surface area contributed by atoms with Gasteiger partial charge in [0.25, 0.3) is 0 Å². The molecule has 0 heterocycles. The summed E-state index contributed by atoms with van der Waals surface area (Å²) in [6.45, 7) is 9.07. The lowest BCUT2D eigenvalue weighted by Crippen LogP contribution is -2.39. The summed E-state index contributed by atoms with van der Waals surface area (Å²) >= 11 is 1.72. The Kier molecular flexibility index (Phi) is 5.77. The van der Waals surface area contributed by atoms with Gasteiger partial charge in [0.2, 0.25) is 0 Å². The van der Waals surface area contributed by atoms with Gasteiger partial charge in [0.1, 0.15) is 6.04 Å². The summed E-state index contributed by atoms with van der Waals surface area (Å²) in [5.74, 6) is -0.374. The van der Waals surface area contributed by atoms with Crippen LogP contribution < -0.4 is 5.73 Å². The number of carboxylic acid groups (broad SMARTS) is 1. The number of carboxylic acids is 1. The Bertz CT molecular complexity index is 194. The molecule has 3 nitrogen and oxygen atoms in total. The van der Waals surface area contributed by atoms with Crippen LogP contribution in [0.2, 0.25) is 19.6 Å². The summed E-state index contributed by atoms with van der Waals surface area (Å²) in [6, 6.07) is -0.717. The standard InChI is InChI=1S/C9H21NO2SSi/c1-5-8(14(2,3)4)13-6-7(10)9(11)12/h7-8H,5-6,10H2,1-4H3,(H,11,12)/t7-,8?/m0/s1. The predicted octanol–water partition coefficient (Wildman–Crippen LogP) is 1.79. The second-order valence-electron chi connectivity index (χ2n) is 4.54. The van der Waals surface area contributed by atoms with Gasteiger partial charge in [0.05, 0.1) is 8.07 Å². The molecular weight excluding hydrogens is 214 g/mol. The molecule has 0 saturated carbocycles. The Hall–Kier alpha value is -0.00312. The number of nitrogens with two attached hydrogens (primary N) is 1. The minimum atomic E-state index is -1.17. The molecule has 2 atom stereocenters. The number of hydrogen-bond donors (Lipinski definition) is 2. The van der Waals surface area contributed by atoms with Gasteiger partial charge in [-0.2, -0.15) is 11.8 Å². The number of aliphatic carboxylic acids is 1. The van der Waals surface area contributed by atoms with E-state index < -0.39 is 20.1 Å². The molecule has 3 N–H and O–H groups in total. The van der Waals surface area contributed by atoms with Crippen LogP contribution in [-0.4, -0.2) is 35.8 Å². The van der Waals surface area contributed by atoms with E-state index in [-0.39, 0.29) is 0 Å². The maximum atomic E-state index is 10.5. The zero-order valence-corrected chi connectivity index (χ0v) is 11.2. The molecule has 0 aromatic heterocycles. The average Bonchev–Trinajstić information content (AvgIpc) is 2.02. The van der Waals surface area contributed by atoms with Crippen LogP contribution in [0.25, 0.3) is 0 Å². The van der Waals surface area contributed by atoms with E-state index >= 15 is 0 Å². The van der Waals surface area contributed by atoms with Gasteiger partial charge < -0.3 is 10.8 Å². The molecule has 84 valence electrons. The molecule has 14 heavy (non-hydrogen) atoms. The predicted molar refractivity (Wildman–Crippen MR) is 65.5 cm³/mol. The fourth-order valence-corrected chi connectivity index (χ4v) is 5.60. The van der Waals surface area contributed by atoms with E-state index in [1.165, 1.54) is 0 Å². The largest absolute Gasteiger partial charge is 0.480 e. The smallest absolute Gasteiger partial charge is 0.321 e. The number of carbonyl (C=O) groups is 1. The van der Waals surface area contributed by atoms with Crippen molar-refractivity contribution in [3.63, 3.8) is 0 Å². The summed E-state index contributed by atoms with van der Waals surface area (Å²) in [7, 11) is -1.17. The Morgan fingerprint density at radius 2 is 2.00 bits per heavy atom. The molecule has 0 aromatic carbocycles. The molecular formula is C9H21NO2SSi. The van der Waals surface area contributed by atoms with Crippen molar-refractivity contribution in [3.05, 3.63) is 0 Å². The molecule has 0 saturated heterocycles. The van der Waals surface area contributed by atoms with Crippen LogP contribution >= 0.6 is 11.8 Å². The maximum Gasteiger partial charge on any atom is 0.321 e. The van der Waals surface area contributed by atoms with Crippen molar-refractivity contribution < 1.29 is 9.90 Å². The minimum Gasteiger partial charge on any atom is -0.480 e. The van der Waals surface area contributed by atoms with E-state index in [1.807, 2.05) is 0 Å². The molecule has 0 spiro atoms. The third kappa shape index (κ3) is 5.02. The molecule has 0 fully saturated rings. The Morgan fingerprint density at radius 3 is 2.29 bits per heavy atom. The van der Waals surface area contributed by atoms with E-state index in [0.29, 0.717) is 10.6 Å². The molecule has 0 radical (unpaired) electrons. The van der Waals surface area contributed by atoms with Crippen molar-refractivity contribution in [1.29, 1.82) is 0 Å². The molecule has 0 aliphatic carbocycles. The van der Waals surface area contributed by atoms with E-state index in [4.69, 9.17) is 10.8 Å². The van der Waals surface area contributed by atoms with Crippen molar-refractivity contribution >= 4 is 25.8 Å². The fourth-order valence-electron chi connectivity index (χ4n) is 1.27. The zero-order valence-electron chi connectivity index (χ0n) is 9.41. The molecule has 0 aliphatic heterocycles. The van der Waals surface area contributed by atoms with Gasteiger partial charge in [-0.25, -0.2) is 0 Å². The van der Waals surface area contributed by atoms with Gasteiger partial charge in [-0.1, -0.05) is 26.6 Å². The summed E-state index contributed by atoms with van der Waals surface area (Å²) < 4.78 is 0. The topological polar surface area (TPSA) is 63.3 Å². The highest BCUT2D eigenvalue weighted by Gasteiger charge is 2.26. The number of rotatable bonds is 6. The van der Waals surface area contributed by atoms with Crippen LogP contribution in [0.1, 0.15) is 13.3 Å². The quantitative estimate of drug-likeness (QED) is 0.689. The van der Waals surface area contributed by atoms with Crippen LogP contribution in [0, 0.1) is 0 Å². The van der Waals surface area contributed by atoms with Crippen molar-refractivity contribution in [1.82, 2.24) is 0 Å². The maximum absolute atomic E-state index is 10.5. The molecule has 0 aliphatic rings. The highest BCUT2D eigenvalue weighted by atomic mass is 32.2. The van der Waals surface area contributed by atoms with Gasteiger partial charge >= 0.3 is 5.97 Å². The van der Waals surface area contributed by atoms with Crippen LogP contribution in [0.5, 0.6) is 0 Å². The summed E-state index contributed by atoms with van der Waals surface area (Å²) in [5, 5.41) is 8.64. The van der Waals surface area contributed by atoms with E-state index in [1.54, 1.807) is 11.8 Å². The highest BCUT2D eigenvalue weighted by molar-refractivity contribution is 8.01. The minimum absolute atomic E-state index is 0.526. The van der Waals surface area contributed by atoms with Crippen LogP contribution in [0.3, 0.4) is 0 Å². The normalized spacial score (nSPS) is 16.4. The first-order valence-electron chi connectivity index (χ1n) is 4.89. The molecule has 5 heteroatoms. The number of hydrogen-bond acceptors (Lipinski definition) is 3. The van der Waals surface area contributed by atoms with Gasteiger partial charge in [-0.15, -0.1) is 0 Å². The Balaban J connectivity index is 4.03. The Labute approximate surface area is 91.5 Å². The zero-order chi connectivity index (χ0) is 11.4. The van der Waals surface area contributed by atoms with E-state index in [2.05, 4.69) is 26.6 Å². The first kappa shape index (κ1) is 14.0. The van der Waals surface area contributed by atoms with Crippen molar-refractivity contribution in [3.8, 4) is 0 Å².